The van der Waals surface area contributed by atoms with E-state index < -0.39 is 6.10 Å². The molecule has 1 unspecified atom stereocenters. The topological polar surface area (TPSA) is 78.9 Å². The van der Waals surface area contributed by atoms with Gasteiger partial charge in [0.15, 0.2) is 6.10 Å². The van der Waals surface area contributed by atoms with Gasteiger partial charge in [-0.1, -0.05) is 355 Å². The van der Waals surface area contributed by atoms with Crippen molar-refractivity contribution in [2.24, 2.45) is 0 Å². The van der Waals surface area contributed by atoms with Crippen molar-refractivity contribution in [1.29, 1.82) is 0 Å². The second-order valence-corrected chi connectivity index (χ2v) is 23.1. The lowest BCUT2D eigenvalue weighted by atomic mass is 10.0. The van der Waals surface area contributed by atoms with E-state index in [2.05, 4.69) is 20.8 Å². The minimum Gasteiger partial charge on any atom is -0.462 e. The van der Waals surface area contributed by atoms with Crippen molar-refractivity contribution < 1.29 is 28.6 Å². The van der Waals surface area contributed by atoms with E-state index in [1.54, 1.807) is 0 Å². The largest absolute Gasteiger partial charge is 0.462 e. The van der Waals surface area contributed by atoms with Gasteiger partial charge in [-0.15, -0.1) is 0 Å². The molecule has 0 aliphatic carbocycles. The maximum Gasteiger partial charge on any atom is 0.306 e. The van der Waals surface area contributed by atoms with E-state index in [1.165, 1.54) is 295 Å². The Labute approximate surface area is 457 Å². The van der Waals surface area contributed by atoms with E-state index in [-0.39, 0.29) is 31.1 Å². The van der Waals surface area contributed by atoms with Crippen LogP contribution in [0.25, 0.3) is 0 Å². The predicted molar refractivity (Wildman–Crippen MR) is 317 cm³/mol. The average molecular weight is 1030 g/mol. The Hall–Kier alpha value is -1.59. The summed E-state index contributed by atoms with van der Waals surface area (Å²) in [5, 5.41) is 0. The molecule has 0 rings (SSSR count). The molecular formula is C67H130O6. The lowest BCUT2D eigenvalue weighted by Gasteiger charge is -2.18. The standard InChI is InChI=1S/C67H130O6/c1-4-7-10-13-16-19-22-24-26-28-30-32-33-34-35-36-38-39-41-43-45-48-51-54-57-60-66(69)72-63-64(62-71-65(68)59-56-53-50-47-21-18-15-12-9-6-3)73-67(70)61-58-55-52-49-46-44-42-40-37-31-29-27-25-23-20-17-14-11-8-5-2/h64H,4-63H2,1-3H3. The number of esters is 3. The molecule has 6 heteroatoms. The molecule has 6 nitrogen and oxygen atoms in total. The zero-order chi connectivity index (χ0) is 52.9. The molecule has 0 saturated carbocycles. The van der Waals surface area contributed by atoms with Gasteiger partial charge in [-0.25, -0.2) is 0 Å². The quantitative estimate of drug-likeness (QED) is 0.0343. The molecule has 0 radical (unpaired) electrons. The van der Waals surface area contributed by atoms with Crippen LogP contribution in [0.1, 0.15) is 393 Å². The van der Waals surface area contributed by atoms with Gasteiger partial charge in [0.1, 0.15) is 13.2 Å². The molecule has 0 aromatic heterocycles. The van der Waals surface area contributed by atoms with Crippen LogP contribution < -0.4 is 0 Å². The van der Waals surface area contributed by atoms with Crippen LogP contribution in [0, 0.1) is 0 Å². The van der Waals surface area contributed by atoms with Crippen LogP contribution in [-0.2, 0) is 28.6 Å². The van der Waals surface area contributed by atoms with Crippen molar-refractivity contribution in [3.8, 4) is 0 Å². The highest BCUT2D eigenvalue weighted by Crippen LogP contribution is 2.19. The first-order valence-corrected chi connectivity index (χ1v) is 33.5. The van der Waals surface area contributed by atoms with Crippen LogP contribution in [0.4, 0.5) is 0 Å². The lowest BCUT2D eigenvalue weighted by Crippen LogP contribution is -2.30. The Balaban J connectivity index is 4.13. The fourth-order valence-electron chi connectivity index (χ4n) is 10.6. The van der Waals surface area contributed by atoms with E-state index in [9.17, 15) is 14.4 Å². The molecule has 0 N–H and O–H groups in total. The van der Waals surface area contributed by atoms with Crippen LogP contribution in [0.15, 0.2) is 0 Å². The van der Waals surface area contributed by atoms with Crippen molar-refractivity contribution in [3.05, 3.63) is 0 Å². The van der Waals surface area contributed by atoms with Crippen molar-refractivity contribution in [1.82, 2.24) is 0 Å². The van der Waals surface area contributed by atoms with Gasteiger partial charge in [0.05, 0.1) is 0 Å². The molecule has 0 amide bonds. The van der Waals surface area contributed by atoms with Crippen LogP contribution >= 0.6 is 0 Å². The first-order chi connectivity index (χ1) is 36.0. The number of ether oxygens (including phenoxy) is 3. The summed E-state index contributed by atoms with van der Waals surface area (Å²) >= 11 is 0. The monoisotopic (exact) mass is 1030 g/mol. The minimum atomic E-state index is -0.762. The summed E-state index contributed by atoms with van der Waals surface area (Å²) in [6.45, 7) is 6.72. The molecule has 0 aliphatic heterocycles. The first kappa shape index (κ1) is 71.4. The second-order valence-electron chi connectivity index (χ2n) is 23.1. The van der Waals surface area contributed by atoms with Gasteiger partial charge in [-0.3, -0.25) is 14.4 Å². The number of carbonyl (C=O) groups excluding carboxylic acids is 3. The summed E-state index contributed by atoms with van der Waals surface area (Å²) in [6, 6.07) is 0. The van der Waals surface area contributed by atoms with Gasteiger partial charge in [-0.2, -0.15) is 0 Å². The number of carbonyl (C=O) groups is 3. The first-order valence-electron chi connectivity index (χ1n) is 33.5. The van der Waals surface area contributed by atoms with Gasteiger partial charge >= 0.3 is 17.9 Å². The summed E-state index contributed by atoms with van der Waals surface area (Å²) < 4.78 is 16.9. The molecule has 0 bridgehead atoms. The molecule has 0 heterocycles. The van der Waals surface area contributed by atoms with Gasteiger partial charge in [0.2, 0.25) is 0 Å². The van der Waals surface area contributed by atoms with Crippen LogP contribution in [0.5, 0.6) is 0 Å². The molecule has 0 aliphatic rings. The Bertz CT molecular complexity index is 1090. The van der Waals surface area contributed by atoms with E-state index >= 15 is 0 Å². The van der Waals surface area contributed by atoms with E-state index in [4.69, 9.17) is 14.2 Å². The summed E-state index contributed by atoms with van der Waals surface area (Å²) in [6.07, 6.45) is 72.8. The van der Waals surface area contributed by atoms with E-state index in [0.29, 0.717) is 19.3 Å². The number of unbranched alkanes of at least 4 members (excludes halogenated alkanes) is 52. The van der Waals surface area contributed by atoms with Gasteiger partial charge in [0, 0.05) is 19.3 Å². The molecule has 0 aromatic carbocycles. The normalized spacial score (nSPS) is 11.9. The van der Waals surface area contributed by atoms with E-state index in [1.807, 2.05) is 0 Å². The van der Waals surface area contributed by atoms with E-state index in [0.717, 1.165) is 57.8 Å². The van der Waals surface area contributed by atoms with Crippen molar-refractivity contribution in [2.75, 3.05) is 13.2 Å². The minimum absolute atomic E-state index is 0.0607. The summed E-state index contributed by atoms with van der Waals surface area (Å²) in [7, 11) is 0. The molecule has 434 valence electrons. The third kappa shape index (κ3) is 61.1. The summed E-state index contributed by atoms with van der Waals surface area (Å²) in [5.41, 5.74) is 0. The van der Waals surface area contributed by atoms with Crippen LogP contribution in [0.2, 0.25) is 0 Å². The molecule has 1 atom stereocenters. The number of rotatable bonds is 63. The number of hydrogen-bond donors (Lipinski definition) is 0. The zero-order valence-electron chi connectivity index (χ0n) is 50.0. The maximum atomic E-state index is 12.9. The van der Waals surface area contributed by atoms with Crippen molar-refractivity contribution in [2.45, 2.75) is 399 Å². The molecule has 0 aromatic rings. The van der Waals surface area contributed by atoms with Gasteiger partial charge < -0.3 is 14.2 Å². The Morgan fingerprint density at radius 1 is 0.219 bits per heavy atom. The average Bonchev–Trinajstić information content (AvgIpc) is 3.39. The van der Waals surface area contributed by atoms with Crippen molar-refractivity contribution >= 4 is 17.9 Å². The smallest absolute Gasteiger partial charge is 0.306 e. The molecular weight excluding hydrogens is 901 g/mol. The highest BCUT2D eigenvalue weighted by atomic mass is 16.6. The fourth-order valence-corrected chi connectivity index (χ4v) is 10.6. The lowest BCUT2D eigenvalue weighted by molar-refractivity contribution is -0.167. The molecule has 0 saturated heterocycles. The van der Waals surface area contributed by atoms with Crippen LogP contribution in [-0.4, -0.2) is 37.2 Å². The highest BCUT2D eigenvalue weighted by Gasteiger charge is 2.19. The van der Waals surface area contributed by atoms with Gasteiger partial charge in [-0.05, 0) is 19.3 Å². The molecule has 0 fully saturated rings. The molecule has 73 heavy (non-hydrogen) atoms. The summed E-state index contributed by atoms with van der Waals surface area (Å²) in [5.74, 6) is -0.827. The summed E-state index contributed by atoms with van der Waals surface area (Å²) in [4.78, 5) is 38.2. The maximum absolute atomic E-state index is 12.9. The van der Waals surface area contributed by atoms with Crippen LogP contribution in [0.3, 0.4) is 0 Å². The number of hydrogen-bond acceptors (Lipinski definition) is 6. The molecule has 0 spiro atoms. The third-order valence-corrected chi connectivity index (χ3v) is 15.6. The third-order valence-electron chi connectivity index (χ3n) is 15.6. The SMILES string of the molecule is CCCCCCCCCCCCCCCCCCCCCCCCCCCC(=O)OCC(COC(=O)CCCCCCCCCCCC)OC(=O)CCCCCCCCCCCCCCCCCCCCCC. The highest BCUT2D eigenvalue weighted by molar-refractivity contribution is 5.71. The fraction of sp³-hybridized carbons (Fsp3) is 0.955. The van der Waals surface area contributed by atoms with Gasteiger partial charge in [0.25, 0.3) is 0 Å². The Morgan fingerprint density at radius 3 is 0.548 bits per heavy atom. The zero-order valence-corrected chi connectivity index (χ0v) is 50.0. The Morgan fingerprint density at radius 2 is 0.370 bits per heavy atom. The predicted octanol–water partition coefficient (Wildman–Crippen LogP) is 22.7. The van der Waals surface area contributed by atoms with Crippen molar-refractivity contribution in [3.63, 3.8) is 0 Å². The second kappa shape index (κ2) is 62.9. The Kier molecular flexibility index (Phi) is 61.6.